The van der Waals surface area contributed by atoms with Crippen molar-refractivity contribution in [3.05, 3.63) is 0 Å². The highest BCUT2D eigenvalue weighted by atomic mass is 16.5. The number of methoxy groups -OCH3 is 1. The topological polar surface area (TPSA) is 43.0 Å². The highest BCUT2D eigenvalue weighted by Crippen LogP contribution is 2.19. The van der Waals surface area contributed by atoms with E-state index in [0.717, 1.165) is 32.8 Å². The van der Waals surface area contributed by atoms with Crippen molar-refractivity contribution in [2.24, 2.45) is 0 Å². The van der Waals surface area contributed by atoms with Crippen LogP contribution in [0.4, 0.5) is 0 Å². The van der Waals surface area contributed by atoms with Gasteiger partial charge in [-0.3, -0.25) is 4.90 Å². The Morgan fingerprint density at radius 2 is 1.65 bits per heavy atom. The van der Waals surface area contributed by atoms with Gasteiger partial charge in [0.1, 0.15) is 0 Å². The molecular formula is C15H32N2O3. The fourth-order valence-corrected chi connectivity index (χ4v) is 2.61. The zero-order valence-corrected chi connectivity index (χ0v) is 13.5. The zero-order chi connectivity index (χ0) is 14.7. The van der Waals surface area contributed by atoms with E-state index in [1.165, 1.54) is 12.8 Å². The van der Waals surface area contributed by atoms with Crippen LogP contribution in [-0.2, 0) is 14.2 Å². The summed E-state index contributed by atoms with van der Waals surface area (Å²) in [6.45, 7) is 12.3. The number of nitrogens with one attached hydrogen (secondary N) is 1. The average molecular weight is 288 g/mol. The predicted molar refractivity (Wildman–Crippen MR) is 81.3 cm³/mol. The van der Waals surface area contributed by atoms with Gasteiger partial charge < -0.3 is 19.5 Å². The van der Waals surface area contributed by atoms with Crippen LogP contribution in [0.25, 0.3) is 0 Å². The molecular weight excluding hydrogens is 256 g/mol. The van der Waals surface area contributed by atoms with Gasteiger partial charge in [-0.1, -0.05) is 13.8 Å². The minimum atomic E-state index is 0.307. The minimum Gasteiger partial charge on any atom is -0.382 e. The molecule has 0 aromatic rings. The van der Waals surface area contributed by atoms with Gasteiger partial charge in [-0.05, 0) is 12.8 Å². The second-order valence-electron chi connectivity index (χ2n) is 5.41. The highest BCUT2D eigenvalue weighted by Gasteiger charge is 2.31. The van der Waals surface area contributed by atoms with Gasteiger partial charge in [0.2, 0.25) is 0 Å². The molecule has 5 nitrogen and oxygen atoms in total. The summed E-state index contributed by atoms with van der Waals surface area (Å²) in [5.41, 5.74) is 0.307. The van der Waals surface area contributed by atoms with E-state index in [1.807, 2.05) is 0 Å². The molecule has 0 unspecified atom stereocenters. The van der Waals surface area contributed by atoms with E-state index >= 15 is 0 Å². The number of hydrogen-bond donors (Lipinski definition) is 1. The smallest absolute Gasteiger partial charge is 0.0701 e. The number of hydrogen-bond acceptors (Lipinski definition) is 5. The van der Waals surface area contributed by atoms with Crippen LogP contribution in [-0.4, -0.2) is 76.8 Å². The van der Waals surface area contributed by atoms with Gasteiger partial charge in [-0.25, -0.2) is 0 Å². The monoisotopic (exact) mass is 288 g/mol. The Labute approximate surface area is 123 Å². The third-order valence-electron chi connectivity index (χ3n) is 4.16. The lowest BCUT2D eigenvalue weighted by atomic mass is 9.90. The summed E-state index contributed by atoms with van der Waals surface area (Å²) in [4.78, 5) is 2.51. The van der Waals surface area contributed by atoms with Crippen LogP contribution in [0.1, 0.15) is 26.7 Å². The second-order valence-corrected chi connectivity index (χ2v) is 5.41. The molecule has 0 amide bonds. The maximum atomic E-state index is 5.62. The largest absolute Gasteiger partial charge is 0.382 e. The van der Waals surface area contributed by atoms with Gasteiger partial charge in [-0.15, -0.1) is 0 Å². The summed E-state index contributed by atoms with van der Waals surface area (Å²) in [5, 5.41) is 3.68. The van der Waals surface area contributed by atoms with Crippen molar-refractivity contribution < 1.29 is 14.2 Å². The Kier molecular flexibility index (Phi) is 9.39. The first kappa shape index (κ1) is 17.9. The van der Waals surface area contributed by atoms with E-state index in [1.54, 1.807) is 7.11 Å². The summed E-state index contributed by atoms with van der Waals surface area (Å²) < 4.78 is 15.9. The van der Waals surface area contributed by atoms with Crippen molar-refractivity contribution in [2.75, 3.05) is 66.3 Å². The van der Waals surface area contributed by atoms with Gasteiger partial charge in [0.15, 0.2) is 0 Å². The van der Waals surface area contributed by atoms with Gasteiger partial charge in [0, 0.05) is 38.8 Å². The van der Waals surface area contributed by atoms with Crippen molar-refractivity contribution in [1.29, 1.82) is 0 Å². The van der Waals surface area contributed by atoms with Crippen molar-refractivity contribution in [1.82, 2.24) is 10.2 Å². The molecule has 1 N–H and O–H groups in total. The molecule has 0 saturated carbocycles. The molecule has 0 bridgehead atoms. The van der Waals surface area contributed by atoms with Gasteiger partial charge in [0.05, 0.1) is 33.0 Å². The van der Waals surface area contributed by atoms with Crippen LogP contribution >= 0.6 is 0 Å². The Bertz CT molecular complexity index is 235. The molecule has 0 aliphatic carbocycles. The quantitative estimate of drug-likeness (QED) is 0.577. The SMILES string of the molecule is CCC1(CC)CN(CCOCCOCCOC)CCN1. The molecule has 0 radical (unpaired) electrons. The Hall–Kier alpha value is -0.200. The molecule has 0 atom stereocenters. The lowest BCUT2D eigenvalue weighted by molar-refractivity contribution is 0.0145. The first-order chi connectivity index (χ1) is 9.76. The normalized spacial score (nSPS) is 19.4. The lowest BCUT2D eigenvalue weighted by Crippen LogP contribution is -2.60. The third-order valence-corrected chi connectivity index (χ3v) is 4.16. The van der Waals surface area contributed by atoms with E-state index in [2.05, 4.69) is 24.1 Å². The summed E-state index contributed by atoms with van der Waals surface area (Å²) in [6.07, 6.45) is 2.38. The summed E-state index contributed by atoms with van der Waals surface area (Å²) in [6, 6.07) is 0. The van der Waals surface area contributed by atoms with Crippen LogP contribution in [0.15, 0.2) is 0 Å². The Morgan fingerprint density at radius 1 is 1.00 bits per heavy atom. The Morgan fingerprint density at radius 3 is 2.30 bits per heavy atom. The predicted octanol–water partition coefficient (Wildman–Crippen LogP) is 1.13. The second kappa shape index (κ2) is 10.5. The molecule has 1 saturated heterocycles. The van der Waals surface area contributed by atoms with Crippen LogP contribution in [0, 0.1) is 0 Å². The standard InChI is InChI=1S/C15H32N2O3/c1-4-15(5-2)14-17(7-6-16-15)8-9-19-12-13-20-11-10-18-3/h16H,4-14H2,1-3H3. The number of piperazine rings is 1. The Balaban J connectivity index is 2.04. The van der Waals surface area contributed by atoms with E-state index in [9.17, 15) is 0 Å². The van der Waals surface area contributed by atoms with E-state index in [4.69, 9.17) is 14.2 Å². The molecule has 20 heavy (non-hydrogen) atoms. The van der Waals surface area contributed by atoms with Crippen molar-refractivity contribution in [3.8, 4) is 0 Å². The first-order valence-corrected chi connectivity index (χ1v) is 7.88. The maximum Gasteiger partial charge on any atom is 0.0701 e. The van der Waals surface area contributed by atoms with Gasteiger partial charge >= 0.3 is 0 Å². The molecule has 5 heteroatoms. The fraction of sp³-hybridized carbons (Fsp3) is 1.00. The zero-order valence-electron chi connectivity index (χ0n) is 13.5. The van der Waals surface area contributed by atoms with Crippen molar-refractivity contribution >= 4 is 0 Å². The number of nitrogens with zero attached hydrogens (tertiary/aromatic N) is 1. The molecule has 1 aliphatic heterocycles. The van der Waals surface area contributed by atoms with E-state index in [0.29, 0.717) is 32.0 Å². The molecule has 0 aromatic heterocycles. The summed E-state index contributed by atoms with van der Waals surface area (Å²) in [5.74, 6) is 0. The first-order valence-electron chi connectivity index (χ1n) is 7.88. The summed E-state index contributed by atoms with van der Waals surface area (Å²) >= 11 is 0. The molecule has 120 valence electrons. The molecule has 1 rings (SSSR count). The lowest BCUT2D eigenvalue weighted by Gasteiger charge is -2.43. The van der Waals surface area contributed by atoms with E-state index < -0.39 is 0 Å². The van der Waals surface area contributed by atoms with Crippen LogP contribution in [0.3, 0.4) is 0 Å². The number of ether oxygens (including phenoxy) is 3. The van der Waals surface area contributed by atoms with Crippen LogP contribution in [0.5, 0.6) is 0 Å². The third kappa shape index (κ3) is 6.50. The molecule has 1 fully saturated rings. The highest BCUT2D eigenvalue weighted by molar-refractivity contribution is 4.92. The molecule has 0 spiro atoms. The molecule has 1 aliphatic rings. The average Bonchev–Trinajstić information content (AvgIpc) is 2.50. The van der Waals surface area contributed by atoms with E-state index in [-0.39, 0.29) is 0 Å². The molecule has 0 aromatic carbocycles. The van der Waals surface area contributed by atoms with Gasteiger partial charge in [0.25, 0.3) is 0 Å². The number of rotatable bonds is 11. The van der Waals surface area contributed by atoms with Crippen LogP contribution < -0.4 is 5.32 Å². The maximum absolute atomic E-state index is 5.62. The van der Waals surface area contributed by atoms with Crippen molar-refractivity contribution in [3.63, 3.8) is 0 Å². The molecule has 1 heterocycles. The fourth-order valence-electron chi connectivity index (χ4n) is 2.61. The van der Waals surface area contributed by atoms with Gasteiger partial charge in [-0.2, -0.15) is 0 Å². The van der Waals surface area contributed by atoms with Crippen LogP contribution in [0.2, 0.25) is 0 Å². The van der Waals surface area contributed by atoms with Crippen molar-refractivity contribution in [2.45, 2.75) is 32.2 Å². The minimum absolute atomic E-state index is 0.307. The summed E-state index contributed by atoms with van der Waals surface area (Å²) in [7, 11) is 1.68.